The lowest BCUT2D eigenvalue weighted by Gasteiger charge is -2.31. The van der Waals surface area contributed by atoms with Gasteiger partial charge in [-0.05, 0) is 49.9 Å². The average Bonchev–Trinajstić information content (AvgIpc) is 2.68. The van der Waals surface area contributed by atoms with Gasteiger partial charge in [-0.25, -0.2) is 9.97 Å². The Labute approximate surface area is 169 Å². The normalized spacial score (nSPS) is 17.0. The van der Waals surface area contributed by atoms with Gasteiger partial charge in [0.25, 0.3) is 0 Å². The number of fused-ring (bicyclic) bond motifs is 1. The zero-order chi connectivity index (χ0) is 19.7. The molecule has 1 fully saturated rings. The van der Waals surface area contributed by atoms with E-state index in [1.807, 2.05) is 12.1 Å². The minimum Gasteiger partial charge on any atom is -0.356 e. The van der Waals surface area contributed by atoms with Crippen LogP contribution in [0.3, 0.4) is 0 Å². The molecule has 1 saturated heterocycles. The van der Waals surface area contributed by atoms with E-state index in [9.17, 15) is 4.79 Å². The van der Waals surface area contributed by atoms with E-state index in [1.165, 1.54) is 19.8 Å². The maximum Gasteiger partial charge on any atom is 0.163 e. The lowest BCUT2D eigenvalue weighted by atomic mass is 10.0. The average molecular weight is 396 g/mol. The number of ketones is 1. The molecule has 1 N–H and O–H groups in total. The molecule has 0 aliphatic carbocycles. The van der Waals surface area contributed by atoms with Gasteiger partial charge in [0.15, 0.2) is 5.78 Å². The first kappa shape index (κ1) is 18.6. The van der Waals surface area contributed by atoms with E-state index < -0.39 is 0 Å². The number of nitrogens with zero attached hydrogens (tertiary/aromatic N) is 4. The molecule has 6 nitrogen and oxygen atoms in total. The number of hydrogen-bond donors (Lipinski definition) is 1. The molecular weight excluding hydrogens is 374 g/mol. The van der Waals surface area contributed by atoms with Crippen molar-refractivity contribution >= 4 is 45.6 Å². The van der Waals surface area contributed by atoms with Crippen LogP contribution in [0.1, 0.15) is 37.0 Å². The molecule has 144 valence electrons. The summed E-state index contributed by atoms with van der Waals surface area (Å²) in [5.41, 5.74) is 3.08. The van der Waals surface area contributed by atoms with Crippen LogP contribution < -0.4 is 10.2 Å². The molecule has 4 heterocycles. The summed E-state index contributed by atoms with van der Waals surface area (Å²) in [7, 11) is 0. The third-order valence-corrected chi connectivity index (χ3v) is 5.27. The van der Waals surface area contributed by atoms with Crippen LogP contribution in [-0.4, -0.2) is 33.8 Å². The molecule has 0 bridgehead atoms. The van der Waals surface area contributed by atoms with Crippen LogP contribution >= 0.6 is 11.6 Å². The first-order valence-electron chi connectivity index (χ1n) is 9.45. The third kappa shape index (κ3) is 3.78. The topological polar surface area (TPSA) is 71.0 Å². The van der Waals surface area contributed by atoms with E-state index in [1.54, 1.807) is 24.5 Å². The second-order valence-electron chi connectivity index (χ2n) is 7.33. The summed E-state index contributed by atoms with van der Waals surface area (Å²) in [5, 5.41) is 3.65. The van der Waals surface area contributed by atoms with E-state index >= 15 is 0 Å². The van der Waals surface area contributed by atoms with Crippen molar-refractivity contribution in [3.8, 4) is 0 Å². The molecule has 0 unspecified atom stereocenters. The zero-order valence-electron chi connectivity index (χ0n) is 15.9. The quantitative estimate of drug-likeness (QED) is 0.502. The Morgan fingerprint density at radius 3 is 2.79 bits per heavy atom. The maximum absolute atomic E-state index is 12.1. The molecule has 28 heavy (non-hydrogen) atoms. The number of halogens is 1. The van der Waals surface area contributed by atoms with Gasteiger partial charge < -0.3 is 10.2 Å². The number of nitrogens with one attached hydrogen (secondary N) is 1. The lowest BCUT2D eigenvalue weighted by Crippen LogP contribution is -2.34. The Kier molecular flexibility index (Phi) is 5.13. The molecule has 0 aromatic carbocycles. The van der Waals surface area contributed by atoms with Crippen LogP contribution in [0.5, 0.6) is 0 Å². The van der Waals surface area contributed by atoms with Gasteiger partial charge in [-0.3, -0.25) is 9.78 Å². The minimum absolute atomic E-state index is 0.0921. The molecule has 1 aliphatic heterocycles. The third-order valence-electron chi connectivity index (χ3n) is 5.06. The van der Waals surface area contributed by atoms with Gasteiger partial charge in [0, 0.05) is 19.3 Å². The van der Waals surface area contributed by atoms with Crippen molar-refractivity contribution in [1.82, 2.24) is 15.0 Å². The van der Waals surface area contributed by atoms with Crippen molar-refractivity contribution in [1.29, 1.82) is 0 Å². The predicted octanol–water partition coefficient (Wildman–Crippen LogP) is 4.86. The number of rotatable bonds is 4. The summed E-state index contributed by atoms with van der Waals surface area (Å²) < 4.78 is 0. The highest BCUT2D eigenvalue weighted by molar-refractivity contribution is 6.30. The zero-order valence-corrected chi connectivity index (χ0v) is 16.7. The highest BCUT2D eigenvalue weighted by Gasteiger charge is 2.18. The van der Waals surface area contributed by atoms with Gasteiger partial charge in [-0.15, -0.1) is 0 Å². The SMILES string of the molecule is CC(=O)c1cnc2ccc(Cl)nc2c1Nc1ccc(N2CCC[C@@H](C)C2)nc1. The van der Waals surface area contributed by atoms with Gasteiger partial charge in [-0.2, -0.15) is 0 Å². The Morgan fingerprint density at radius 1 is 1.21 bits per heavy atom. The fourth-order valence-electron chi connectivity index (χ4n) is 3.62. The van der Waals surface area contributed by atoms with Crippen molar-refractivity contribution in [2.75, 3.05) is 23.3 Å². The summed E-state index contributed by atoms with van der Waals surface area (Å²) in [5.74, 6) is 1.57. The smallest absolute Gasteiger partial charge is 0.163 e. The van der Waals surface area contributed by atoms with Crippen molar-refractivity contribution in [3.05, 3.63) is 47.4 Å². The van der Waals surface area contributed by atoms with Crippen LogP contribution in [0.4, 0.5) is 17.2 Å². The molecule has 0 saturated carbocycles. The molecule has 4 rings (SSSR count). The second-order valence-corrected chi connectivity index (χ2v) is 7.72. The summed E-state index contributed by atoms with van der Waals surface area (Å²) >= 11 is 6.07. The molecule has 1 aliphatic rings. The summed E-state index contributed by atoms with van der Waals surface area (Å²) in [6, 6.07) is 7.46. The number of pyridine rings is 3. The molecule has 0 spiro atoms. The minimum atomic E-state index is -0.0921. The predicted molar refractivity (Wildman–Crippen MR) is 113 cm³/mol. The highest BCUT2D eigenvalue weighted by Crippen LogP contribution is 2.30. The van der Waals surface area contributed by atoms with E-state index in [0.29, 0.717) is 33.4 Å². The fraction of sp³-hybridized carbons (Fsp3) is 0.333. The van der Waals surface area contributed by atoms with Crippen LogP contribution in [0.15, 0.2) is 36.7 Å². The van der Waals surface area contributed by atoms with Gasteiger partial charge in [-0.1, -0.05) is 18.5 Å². The van der Waals surface area contributed by atoms with Gasteiger partial charge in [0.1, 0.15) is 16.5 Å². The van der Waals surface area contributed by atoms with Crippen molar-refractivity contribution < 1.29 is 4.79 Å². The van der Waals surface area contributed by atoms with Crippen molar-refractivity contribution in [3.63, 3.8) is 0 Å². The molecular formula is C21H22ClN5O. The highest BCUT2D eigenvalue weighted by atomic mass is 35.5. The first-order chi connectivity index (χ1) is 13.5. The largest absolute Gasteiger partial charge is 0.356 e. The Morgan fingerprint density at radius 2 is 2.07 bits per heavy atom. The summed E-state index contributed by atoms with van der Waals surface area (Å²) in [6.45, 7) is 5.86. The van der Waals surface area contributed by atoms with Crippen molar-refractivity contribution in [2.45, 2.75) is 26.7 Å². The molecule has 0 radical (unpaired) electrons. The number of Topliss-reactive ketones (excluding diaryl/α,β-unsaturated/α-hetero) is 1. The molecule has 3 aromatic rings. The summed E-state index contributed by atoms with van der Waals surface area (Å²) in [6.07, 6.45) is 5.82. The number of aromatic nitrogens is 3. The number of hydrogen-bond acceptors (Lipinski definition) is 6. The van der Waals surface area contributed by atoms with Crippen LogP contribution in [0.25, 0.3) is 11.0 Å². The number of carbonyl (C=O) groups is 1. The summed E-state index contributed by atoms with van der Waals surface area (Å²) in [4.78, 5) is 27.8. The molecule has 0 amide bonds. The second kappa shape index (κ2) is 7.72. The Bertz CT molecular complexity index is 1020. The monoisotopic (exact) mass is 395 g/mol. The molecule has 1 atom stereocenters. The van der Waals surface area contributed by atoms with Crippen LogP contribution in [0.2, 0.25) is 5.15 Å². The van der Waals surface area contributed by atoms with Gasteiger partial charge >= 0.3 is 0 Å². The first-order valence-corrected chi connectivity index (χ1v) is 9.83. The van der Waals surface area contributed by atoms with Gasteiger partial charge in [0.2, 0.25) is 0 Å². The number of piperidine rings is 1. The van der Waals surface area contributed by atoms with Gasteiger partial charge in [0.05, 0.1) is 28.7 Å². The molecule has 7 heteroatoms. The number of anilines is 3. The van der Waals surface area contributed by atoms with E-state index in [0.717, 1.165) is 24.6 Å². The Balaban J connectivity index is 1.67. The van der Waals surface area contributed by atoms with E-state index in [-0.39, 0.29) is 5.78 Å². The molecule has 3 aromatic heterocycles. The lowest BCUT2D eigenvalue weighted by molar-refractivity contribution is 0.101. The van der Waals surface area contributed by atoms with Crippen molar-refractivity contribution in [2.24, 2.45) is 5.92 Å². The van der Waals surface area contributed by atoms with E-state index in [2.05, 4.69) is 32.1 Å². The Hall–Kier alpha value is -2.73. The fourth-order valence-corrected chi connectivity index (χ4v) is 3.77. The van der Waals surface area contributed by atoms with E-state index in [4.69, 9.17) is 11.6 Å². The standard InChI is InChI=1S/C21H22ClN5O/c1-13-4-3-9-27(12-13)19-8-5-15(10-24-19)25-20-16(14(2)28)11-23-17-6-7-18(22)26-21(17)20/h5-8,10-11,13H,3-4,9,12H2,1-2H3,(H,23,25)/t13-/m1/s1. The number of carbonyl (C=O) groups excluding carboxylic acids is 1. The van der Waals surface area contributed by atoms with Crippen LogP contribution in [0, 0.1) is 5.92 Å². The van der Waals surface area contributed by atoms with Crippen LogP contribution in [-0.2, 0) is 0 Å². The maximum atomic E-state index is 12.1.